The van der Waals surface area contributed by atoms with Gasteiger partial charge in [-0.1, -0.05) is 32.9 Å². The minimum atomic E-state index is -1.89. The zero-order valence-electron chi connectivity index (χ0n) is 17.2. The van der Waals surface area contributed by atoms with E-state index in [1.807, 2.05) is 45.0 Å². The third kappa shape index (κ3) is 6.51. The Bertz CT molecular complexity index is 591. The molecule has 6 heteroatoms. The highest BCUT2D eigenvalue weighted by Gasteiger charge is 2.38. The molecule has 1 N–H and O–H groups in total. The quantitative estimate of drug-likeness (QED) is 0.685. The minimum Gasteiger partial charge on any atom is -0.497 e. The molecule has 0 aliphatic carbocycles. The van der Waals surface area contributed by atoms with Gasteiger partial charge in [0, 0.05) is 0 Å². The van der Waals surface area contributed by atoms with Gasteiger partial charge in [-0.25, -0.2) is 8.93 Å². The van der Waals surface area contributed by atoms with Gasteiger partial charge in [-0.3, -0.25) is 0 Å². The Labute approximate surface area is 157 Å². The van der Waals surface area contributed by atoms with Crippen molar-refractivity contribution >= 4 is 19.3 Å². The molecule has 1 aromatic carbocycles. The van der Waals surface area contributed by atoms with Crippen LogP contribution in [0.25, 0.3) is 0 Å². The first-order chi connectivity index (χ1) is 11.3. The summed E-state index contributed by atoms with van der Waals surface area (Å²) in [6.45, 7) is 17.5. The Hall–Kier alpha value is -0.693. The van der Waals surface area contributed by atoms with E-state index in [9.17, 15) is 4.21 Å². The highest BCUT2D eigenvalue weighted by molar-refractivity contribution is 7.84. The third-order valence-electron chi connectivity index (χ3n) is 4.72. The zero-order chi connectivity index (χ0) is 19.5. The number of methoxy groups -OCH3 is 1. The average molecular weight is 386 g/mol. The minimum absolute atomic E-state index is 0.134. The van der Waals surface area contributed by atoms with Gasteiger partial charge in [0.25, 0.3) is 0 Å². The monoisotopic (exact) mass is 385 g/mol. The standard InChI is InChI=1S/C19H35NO3SSi/c1-18(2,3)24(21)20-17(14-23-25(8,9)19(4,5)6)15-11-10-12-16(13-15)22-7/h10-13,17,20H,14H2,1-9H3/t17-,24?/m1/s1. The number of hydrogen-bond acceptors (Lipinski definition) is 3. The Morgan fingerprint density at radius 1 is 1.16 bits per heavy atom. The summed E-state index contributed by atoms with van der Waals surface area (Å²) in [6.07, 6.45) is 0. The lowest BCUT2D eigenvalue weighted by atomic mass is 10.1. The molecule has 0 saturated heterocycles. The first-order valence-corrected chi connectivity index (χ1v) is 12.8. The van der Waals surface area contributed by atoms with Crippen LogP contribution in [-0.4, -0.2) is 31.0 Å². The molecule has 0 fully saturated rings. The SMILES string of the molecule is COc1cccc([C@@H](CO[Si](C)(C)C(C)(C)C)NS(=O)C(C)(C)C)c1. The first kappa shape index (κ1) is 22.3. The summed E-state index contributed by atoms with van der Waals surface area (Å²) in [6, 6.07) is 7.72. The third-order valence-corrected chi connectivity index (χ3v) is 10.8. The highest BCUT2D eigenvalue weighted by atomic mass is 32.2. The molecule has 0 bridgehead atoms. The Kier molecular flexibility index (Phi) is 7.45. The van der Waals surface area contributed by atoms with Crippen LogP contribution in [0.5, 0.6) is 5.75 Å². The van der Waals surface area contributed by atoms with Gasteiger partial charge in [-0.05, 0) is 56.6 Å². The van der Waals surface area contributed by atoms with E-state index < -0.39 is 19.3 Å². The smallest absolute Gasteiger partial charge is 0.192 e. The predicted octanol–water partition coefficient (Wildman–Crippen LogP) is 4.81. The van der Waals surface area contributed by atoms with Crippen LogP contribution in [0, 0.1) is 0 Å². The van der Waals surface area contributed by atoms with Gasteiger partial charge in [-0.15, -0.1) is 0 Å². The van der Waals surface area contributed by atoms with Crippen molar-refractivity contribution in [2.24, 2.45) is 0 Å². The molecule has 0 aliphatic rings. The second-order valence-electron chi connectivity index (χ2n) is 8.90. The fourth-order valence-corrected chi connectivity index (χ4v) is 3.70. The molecule has 25 heavy (non-hydrogen) atoms. The van der Waals surface area contributed by atoms with Crippen molar-refractivity contribution in [3.63, 3.8) is 0 Å². The van der Waals surface area contributed by atoms with Crippen LogP contribution in [0.15, 0.2) is 24.3 Å². The van der Waals surface area contributed by atoms with Gasteiger partial charge < -0.3 is 9.16 Å². The molecule has 0 aromatic heterocycles. The van der Waals surface area contributed by atoms with Crippen molar-refractivity contribution in [3.8, 4) is 5.75 Å². The maximum atomic E-state index is 12.6. The summed E-state index contributed by atoms with van der Waals surface area (Å²) in [5.41, 5.74) is 1.02. The fourth-order valence-electron chi connectivity index (χ4n) is 1.87. The van der Waals surface area contributed by atoms with Crippen LogP contribution in [0.1, 0.15) is 53.1 Å². The molecular weight excluding hydrogens is 350 g/mol. The first-order valence-electron chi connectivity index (χ1n) is 8.74. The fraction of sp³-hybridized carbons (Fsp3) is 0.684. The molecule has 0 aliphatic heterocycles. The van der Waals surface area contributed by atoms with Gasteiger partial charge in [-0.2, -0.15) is 0 Å². The Balaban J connectivity index is 3.05. The summed E-state index contributed by atoms with van der Waals surface area (Å²) in [5, 5.41) is 0.134. The van der Waals surface area contributed by atoms with Crippen molar-refractivity contribution in [2.75, 3.05) is 13.7 Å². The van der Waals surface area contributed by atoms with Crippen molar-refractivity contribution in [1.82, 2.24) is 4.72 Å². The lowest BCUT2D eigenvalue weighted by Crippen LogP contribution is -2.44. The van der Waals surface area contributed by atoms with E-state index in [0.29, 0.717) is 6.61 Å². The van der Waals surface area contributed by atoms with Gasteiger partial charge in [0.15, 0.2) is 8.32 Å². The van der Waals surface area contributed by atoms with Crippen LogP contribution in [0.2, 0.25) is 18.1 Å². The summed E-state index contributed by atoms with van der Waals surface area (Å²) in [4.78, 5) is 0. The van der Waals surface area contributed by atoms with Crippen molar-refractivity contribution in [1.29, 1.82) is 0 Å². The molecule has 0 saturated carbocycles. The van der Waals surface area contributed by atoms with Gasteiger partial charge in [0.1, 0.15) is 5.75 Å². The Morgan fingerprint density at radius 2 is 1.76 bits per heavy atom. The summed E-state index contributed by atoms with van der Waals surface area (Å²) in [7, 11) is -1.42. The lowest BCUT2D eigenvalue weighted by Gasteiger charge is -2.37. The van der Waals surface area contributed by atoms with Crippen molar-refractivity contribution in [3.05, 3.63) is 29.8 Å². The van der Waals surface area contributed by atoms with Gasteiger partial charge >= 0.3 is 0 Å². The van der Waals surface area contributed by atoms with Crippen LogP contribution in [-0.2, 0) is 15.4 Å². The van der Waals surface area contributed by atoms with Gasteiger partial charge in [0.2, 0.25) is 0 Å². The van der Waals surface area contributed by atoms with Gasteiger partial charge in [0.05, 0.1) is 35.5 Å². The number of ether oxygens (including phenoxy) is 1. The topological polar surface area (TPSA) is 47.6 Å². The van der Waals surface area contributed by atoms with Crippen LogP contribution in [0.4, 0.5) is 0 Å². The van der Waals surface area contributed by atoms with Crippen molar-refractivity contribution in [2.45, 2.75) is 70.5 Å². The van der Waals surface area contributed by atoms with E-state index in [4.69, 9.17) is 9.16 Å². The Morgan fingerprint density at radius 3 is 2.24 bits per heavy atom. The largest absolute Gasteiger partial charge is 0.497 e. The van der Waals surface area contributed by atoms with Crippen LogP contribution < -0.4 is 9.46 Å². The molecule has 1 unspecified atom stereocenters. The normalized spacial score (nSPS) is 15.7. The second kappa shape index (κ2) is 8.33. The molecule has 0 amide bonds. The molecule has 0 spiro atoms. The maximum absolute atomic E-state index is 12.6. The second-order valence-corrected chi connectivity index (χ2v) is 15.7. The highest BCUT2D eigenvalue weighted by Crippen LogP contribution is 2.37. The van der Waals surface area contributed by atoms with E-state index in [1.54, 1.807) is 7.11 Å². The molecule has 0 radical (unpaired) electrons. The predicted molar refractivity (Wildman–Crippen MR) is 110 cm³/mol. The van der Waals surface area contributed by atoms with E-state index in [-0.39, 0.29) is 15.8 Å². The van der Waals surface area contributed by atoms with E-state index in [2.05, 4.69) is 38.6 Å². The summed E-state index contributed by atoms with van der Waals surface area (Å²) in [5.74, 6) is 0.790. The van der Waals surface area contributed by atoms with E-state index in [0.717, 1.165) is 11.3 Å². The molecular formula is C19H35NO3SSi. The molecule has 1 rings (SSSR count). The van der Waals surface area contributed by atoms with Crippen molar-refractivity contribution < 1.29 is 13.4 Å². The molecule has 2 atom stereocenters. The average Bonchev–Trinajstić information content (AvgIpc) is 2.49. The number of hydrogen-bond donors (Lipinski definition) is 1. The summed E-state index contributed by atoms with van der Waals surface area (Å²) < 4.78 is 27.3. The van der Waals surface area contributed by atoms with Crippen LogP contribution in [0.3, 0.4) is 0 Å². The molecule has 0 heterocycles. The lowest BCUT2D eigenvalue weighted by molar-refractivity contribution is 0.257. The molecule has 4 nitrogen and oxygen atoms in total. The summed E-state index contributed by atoms with van der Waals surface area (Å²) >= 11 is 0. The molecule has 1 aromatic rings. The van der Waals surface area contributed by atoms with E-state index >= 15 is 0 Å². The number of nitrogens with one attached hydrogen (secondary N) is 1. The van der Waals surface area contributed by atoms with Crippen LogP contribution >= 0.6 is 0 Å². The zero-order valence-corrected chi connectivity index (χ0v) is 19.0. The molecule has 144 valence electrons. The van der Waals surface area contributed by atoms with E-state index in [1.165, 1.54) is 0 Å². The number of benzene rings is 1. The maximum Gasteiger partial charge on any atom is 0.192 e. The number of rotatable bonds is 7.